The molecule has 136 valence electrons. The van der Waals surface area contributed by atoms with Crippen LogP contribution in [-0.4, -0.2) is 32.3 Å². The Kier molecular flexibility index (Phi) is 4.61. The van der Waals surface area contributed by atoms with Gasteiger partial charge in [-0.3, -0.25) is 4.79 Å². The lowest BCUT2D eigenvalue weighted by Gasteiger charge is -2.22. The molecule has 0 aliphatic carbocycles. The first-order chi connectivity index (χ1) is 12.6. The van der Waals surface area contributed by atoms with Crippen LogP contribution < -0.4 is 9.64 Å². The Bertz CT molecular complexity index is 815. The average molecular weight is 374 g/mol. The molecule has 1 saturated heterocycles. The van der Waals surface area contributed by atoms with Gasteiger partial charge in [0.2, 0.25) is 0 Å². The zero-order valence-corrected chi connectivity index (χ0v) is 15.3. The van der Waals surface area contributed by atoms with E-state index in [1.807, 2.05) is 37.3 Å². The minimum Gasteiger partial charge on any atom is -0.494 e. The Labute approximate surface area is 157 Å². The Morgan fingerprint density at radius 3 is 2.62 bits per heavy atom. The van der Waals surface area contributed by atoms with Gasteiger partial charge < -0.3 is 19.1 Å². The fraction of sp³-hybridized carbons (Fsp3) is 0.350. The molecule has 0 atom stereocenters. The van der Waals surface area contributed by atoms with Crippen LogP contribution in [0, 0.1) is 6.92 Å². The first-order valence-electron chi connectivity index (χ1n) is 8.69. The minimum absolute atomic E-state index is 0.192. The van der Waals surface area contributed by atoms with Crippen LogP contribution in [0.25, 0.3) is 0 Å². The summed E-state index contributed by atoms with van der Waals surface area (Å²) in [4.78, 5) is 14.7. The van der Waals surface area contributed by atoms with E-state index in [0.29, 0.717) is 43.4 Å². The molecular weight excluding hydrogens is 354 g/mol. The van der Waals surface area contributed by atoms with Gasteiger partial charge in [0, 0.05) is 17.1 Å². The highest BCUT2D eigenvalue weighted by Gasteiger charge is 2.55. The van der Waals surface area contributed by atoms with Gasteiger partial charge in [-0.1, -0.05) is 29.3 Å². The largest absolute Gasteiger partial charge is 0.494 e. The number of hydrogen-bond donors (Lipinski definition) is 0. The van der Waals surface area contributed by atoms with E-state index in [9.17, 15) is 4.79 Å². The molecule has 26 heavy (non-hydrogen) atoms. The van der Waals surface area contributed by atoms with Crippen molar-refractivity contribution in [2.75, 3.05) is 31.3 Å². The highest BCUT2D eigenvalue weighted by molar-refractivity contribution is 6.31. The number of benzene rings is 2. The van der Waals surface area contributed by atoms with Crippen LogP contribution in [0.4, 0.5) is 5.69 Å². The molecule has 6 heteroatoms. The van der Waals surface area contributed by atoms with E-state index in [4.69, 9.17) is 25.8 Å². The van der Waals surface area contributed by atoms with Gasteiger partial charge in [-0.05, 0) is 43.7 Å². The number of nitrogens with zero attached hydrogens (tertiary/aromatic N) is 1. The van der Waals surface area contributed by atoms with Crippen LogP contribution in [0.1, 0.15) is 17.5 Å². The third kappa shape index (κ3) is 2.96. The quantitative estimate of drug-likeness (QED) is 0.750. The first kappa shape index (κ1) is 17.3. The van der Waals surface area contributed by atoms with Gasteiger partial charge >= 0.3 is 0 Å². The predicted molar refractivity (Wildman–Crippen MR) is 98.7 cm³/mol. The number of amides is 1. The molecule has 1 fully saturated rings. The van der Waals surface area contributed by atoms with Crippen LogP contribution in [0.3, 0.4) is 0 Å². The summed E-state index contributed by atoms with van der Waals surface area (Å²) in [6.45, 7) is 3.86. The lowest BCUT2D eigenvalue weighted by Crippen LogP contribution is -2.41. The van der Waals surface area contributed by atoms with Gasteiger partial charge in [0.05, 0.1) is 25.5 Å². The molecule has 0 N–H and O–H groups in total. The number of rotatable bonds is 5. The summed E-state index contributed by atoms with van der Waals surface area (Å²) < 4.78 is 17.2. The molecule has 0 aromatic heterocycles. The molecule has 2 heterocycles. The second kappa shape index (κ2) is 6.91. The van der Waals surface area contributed by atoms with Crippen molar-refractivity contribution in [1.29, 1.82) is 0 Å². The third-order valence-corrected chi connectivity index (χ3v) is 4.88. The van der Waals surface area contributed by atoms with E-state index in [-0.39, 0.29) is 5.91 Å². The molecule has 1 spiro atoms. The molecule has 2 aromatic carbocycles. The standard InChI is InChI=1S/C20H20ClNO4/c1-14-3-6-16(7-4-14)24-10-2-9-22-18-8-5-15(21)13-17(18)20(19(22)23)25-11-12-26-20/h3-8,13H,2,9-12H2,1H3. The summed E-state index contributed by atoms with van der Waals surface area (Å²) in [6.07, 6.45) is 0.692. The van der Waals surface area contributed by atoms with Gasteiger partial charge in [0.25, 0.3) is 11.7 Å². The topological polar surface area (TPSA) is 48.0 Å². The zero-order valence-electron chi connectivity index (χ0n) is 14.5. The van der Waals surface area contributed by atoms with Crippen LogP contribution >= 0.6 is 11.6 Å². The summed E-state index contributed by atoms with van der Waals surface area (Å²) in [5, 5.41) is 0.555. The molecular formula is C20H20ClNO4. The third-order valence-electron chi connectivity index (χ3n) is 4.64. The van der Waals surface area contributed by atoms with E-state index in [0.717, 1.165) is 11.4 Å². The van der Waals surface area contributed by atoms with E-state index in [2.05, 4.69) is 0 Å². The molecule has 2 aliphatic rings. The van der Waals surface area contributed by atoms with Crippen LogP contribution in [0.15, 0.2) is 42.5 Å². The van der Waals surface area contributed by atoms with E-state index in [1.54, 1.807) is 17.0 Å². The lowest BCUT2D eigenvalue weighted by atomic mass is 10.1. The Morgan fingerprint density at radius 1 is 1.15 bits per heavy atom. The van der Waals surface area contributed by atoms with Gasteiger partial charge in [-0.2, -0.15) is 0 Å². The number of anilines is 1. The van der Waals surface area contributed by atoms with Crippen molar-refractivity contribution >= 4 is 23.2 Å². The van der Waals surface area contributed by atoms with Crippen molar-refractivity contribution in [2.45, 2.75) is 19.1 Å². The second-order valence-corrected chi connectivity index (χ2v) is 6.88. The number of aryl methyl sites for hydroxylation is 1. The van der Waals surface area contributed by atoms with Gasteiger partial charge in [-0.15, -0.1) is 0 Å². The second-order valence-electron chi connectivity index (χ2n) is 6.45. The molecule has 0 bridgehead atoms. The number of carbonyl (C=O) groups excluding carboxylic acids is 1. The van der Waals surface area contributed by atoms with Crippen LogP contribution in [0.5, 0.6) is 5.75 Å². The van der Waals surface area contributed by atoms with Crippen molar-refractivity contribution in [3.8, 4) is 5.75 Å². The number of carbonyl (C=O) groups is 1. The van der Waals surface area contributed by atoms with Gasteiger partial charge in [0.1, 0.15) is 5.75 Å². The zero-order chi connectivity index (χ0) is 18.1. The molecule has 5 nitrogen and oxygen atoms in total. The van der Waals surface area contributed by atoms with E-state index < -0.39 is 5.79 Å². The molecule has 2 aliphatic heterocycles. The number of halogens is 1. The van der Waals surface area contributed by atoms with Crippen molar-refractivity contribution in [1.82, 2.24) is 0 Å². The summed E-state index contributed by atoms with van der Waals surface area (Å²) in [6, 6.07) is 13.3. The van der Waals surface area contributed by atoms with E-state index in [1.165, 1.54) is 5.56 Å². The van der Waals surface area contributed by atoms with Crippen molar-refractivity contribution in [3.63, 3.8) is 0 Å². The Balaban J connectivity index is 1.45. The molecule has 2 aromatic rings. The van der Waals surface area contributed by atoms with Crippen LogP contribution in [0.2, 0.25) is 5.02 Å². The Hall–Kier alpha value is -2.08. The highest BCUT2D eigenvalue weighted by Crippen LogP contribution is 2.46. The molecule has 0 unspecified atom stereocenters. The maximum absolute atomic E-state index is 13.0. The van der Waals surface area contributed by atoms with Crippen LogP contribution in [-0.2, 0) is 20.1 Å². The number of fused-ring (bicyclic) bond motifs is 2. The van der Waals surface area contributed by atoms with E-state index >= 15 is 0 Å². The average Bonchev–Trinajstić information content (AvgIpc) is 3.21. The smallest absolute Gasteiger partial charge is 0.292 e. The van der Waals surface area contributed by atoms with Gasteiger partial charge in [0.15, 0.2) is 0 Å². The number of ether oxygens (including phenoxy) is 3. The highest BCUT2D eigenvalue weighted by atomic mass is 35.5. The molecule has 4 rings (SSSR count). The maximum Gasteiger partial charge on any atom is 0.292 e. The normalized spacial score (nSPS) is 17.8. The molecule has 1 amide bonds. The first-order valence-corrected chi connectivity index (χ1v) is 9.07. The summed E-state index contributed by atoms with van der Waals surface area (Å²) >= 11 is 6.13. The monoisotopic (exact) mass is 373 g/mol. The fourth-order valence-corrected chi connectivity index (χ4v) is 3.54. The summed E-state index contributed by atoms with van der Waals surface area (Å²) in [5.74, 6) is -0.699. The Morgan fingerprint density at radius 2 is 1.88 bits per heavy atom. The molecule has 0 saturated carbocycles. The van der Waals surface area contributed by atoms with Crippen molar-refractivity contribution < 1.29 is 19.0 Å². The predicted octanol–water partition coefficient (Wildman–Crippen LogP) is 3.66. The van der Waals surface area contributed by atoms with Gasteiger partial charge in [-0.25, -0.2) is 0 Å². The van der Waals surface area contributed by atoms with Crippen molar-refractivity contribution in [3.05, 3.63) is 58.6 Å². The van der Waals surface area contributed by atoms with Crippen molar-refractivity contribution in [2.24, 2.45) is 0 Å². The minimum atomic E-state index is -1.34. The summed E-state index contributed by atoms with van der Waals surface area (Å²) in [7, 11) is 0. The fourth-order valence-electron chi connectivity index (χ4n) is 3.37. The maximum atomic E-state index is 13.0. The SMILES string of the molecule is Cc1ccc(OCCCN2C(=O)C3(OCCO3)c3cc(Cl)ccc32)cc1. The molecule has 0 radical (unpaired) electrons. The lowest BCUT2D eigenvalue weighted by molar-refractivity contribution is -0.180. The number of hydrogen-bond acceptors (Lipinski definition) is 4. The summed E-state index contributed by atoms with van der Waals surface area (Å²) in [5.41, 5.74) is 2.67.